The van der Waals surface area contributed by atoms with E-state index in [1.165, 1.54) is 0 Å². The van der Waals surface area contributed by atoms with E-state index in [0.717, 1.165) is 16.7 Å². The van der Waals surface area contributed by atoms with Gasteiger partial charge in [-0.2, -0.15) is 0 Å². The fraction of sp³-hybridized carbons (Fsp3) is 0.176. The number of para-hydroxylation sites is 1. The van der Waals surface area contributed by atoms with E-state index in [4.69, 9.17) is 9.15 Å². The normalized spacial score (nSPS) is 10.6. The SMILES string of the molecule is COc1ccccc1C(=O)NCc1ccc2oc(C)nc2c1. The number of nitrogens with zero attached hydrogens (tertiary/aromatic N) is 1. The van der Waals surface area contributed by atoms with Crippen LogP contribution in [0, 0.1) is 6.92 Å². The van der Waals surface area contributed by atoms with Crippen molar-refractivity contribution < 1.29 is 13.9 Å². The van der Waals surface area contributed by atoms with Gasteiger partial charge in [0.25, 0.3) is 5.91 Å². The Morgan fingerprint density at radius 3 is 2.91 bits per heavy atom. The fourth-order valence-electron chi connectivity index (χ4n) is 2.31. The molecule has 1 aromatic heterocycles. The molecule has 0 radical (unpaired) electrons. The average Bonchev–Trinajstić information content (AvgIpc) is 2.91. The molecule has 22 heavy (non-hydrogen) atoms. The summed E-state index contributed by atoms with van der Waals surface area (Å²) in [6, 6.07) is 12.8. The van der Waals surface area contributed by atoms with Crippen molar-refractivity contribution in [2.24, 2.45) is 0 Å². The smallest absolute Gasteiger partial charge is 0.255 e. The number of amides is 1. The number of ether oxygens (including phenoxy) is 1. The molecule has 5 nitrogen and oxygen atoms in total. The lowest BCUT2D eigenvalue weighted by atomic mass is 10.1. The van der Waals surface area contributed by atoms with Gasteiger partial charge in [0, 0.05) is 13.5 Å². The van der Waals surface area contributed by atoms with Crippen molar-refractivity contribution >= 4 is 17.0 Å². The van der Waals surface area contributed by atoms with Gasteiger partial charge < -0.3 is 14.5 Å². The Balaban J connectivity index is 1.74. The first-order valence-corrected chi connectivity index (χ1v) is 6.94. The maximum Gasteiger partial charge on any atom is 0.255 e. The number of aromatic nitrogens is 1. The molecule has 0 aliphatic carbocycles. The number of fused-ring (bicyclic) bond motifs is 1. The molecule has 112 valence electrons. The first-order chi connectivity index (χ1) is 10.7. The summed E-state index contributed by atoms with van der Waals surface area (Å²) in [5.74, 6) is 1.02. The Hall–Kier alpha value is -2.82. The molecule has 1 heterocycles. The molecule has 3 rings (SSSR count). The molecular weight excluding hydrogens is 280 g/mol. The Morgan fingerprint density at radius 1 is 1.27 bits per heavy atom. The number of methoxy groups -OCH3 is 1. The van der Waals surface area contributed by atoms with E-state index in [1.54, 1.807) is 19.2 Å². The van der Waals surface area contributed by atoms with Crippen LogP contribution < -0.4 is 10.1 Å². The van der Waals surface area contributed by atoms with E-state index < -0.39 is 0 Å². The van der Waals surface area contributed by atoms with Crippen LogP contribution >= 0.6 is 0 Å². The van der Waals surface area contributed by atoms with Crippen molar-refractivity contribution in [3.05, 3.63) is 59.5 Å². The number of rotatable bonds is 4. The molecule has 0 unspecified atom stereocenters. The van der Waals surface area contributed by atoms with Crippen molar-refractivity contribution in [3.8, 4) is 5.75 Å². The van der Waals surface area contributed by atoms with Crippen LogP contribution in [0.2, 0.25) is 0 Å². The number of carbonyl (C=O) groups excluding carboxylic acids is 1. The van der Waals surface area contributed by atoms with Crippen molar-refractivity contribution in [1.29, 1.82) is 0 Å². The zero-order valence-electron chi connectivity index (χ0n) is 12.4. The Morgan fingerprint density at radius 2 is 2.09 bits per heavy atom. The van der Waals surface area contributed by atoms with Gasteiger partial charge in [-0.1, -0.05) is 18.2 Å². The second-order valence-electron chi connectivity index (χ2n) is 4.92. The molecular formula is C17H16N2O3. The van der Waals surface area contributed by atoms with E-state index in [-0.39, 0.29) is 5.91 Å². The number of benzene rings is 2. The highest BCUT2D eigenvalue weighted by molar-refractivity contribution is 5.96. The number of hydrogen-bond acceptors (Lipinski definition) is 4. The standard InChI is InChI=1S/C17H16N2O3/c1-11-19-14-9-12(7-8-16(14)22-11)10-18-17(20)13-5-3-4-6-15(13)21-2/h3-9H,10H2,1-2H3,(H,18,20). The molecule has 0 aliphatic rings. The summed E-state index contributed by atoms with van der Waals surface area (Å²) in [4.78, 5) is 16.5. The summed E-state index contributed by atoms with van der Waals surface area (Å²) in [7, 11) is 1.55. The summed E-state index contributed by atoms with van der Waals surface area (Å²) >= 11 is 0. The minimum absolute atomic E-state index is 0.172. The second kappa shape index (κ2) is 5.89. The summed E-state index contributed by atoms with van der Waals surface area (Å²) < 4.78 is 10.6. The molecule has 3 aromatic rings. The highest BCUT2D eigenvalue weighted by atomic mass is 16.5. The molecule has 0 atom stereocenters. The van der Waals surface area contributed by atoms with Crippen molar-refractivity contribution in [2.75, 3.05) is 7.11 Å². The monoisotopic (exact) mass is 296 g/mol. The first kappa shape index (κ1) is 14.1. The first-order valence-electron chi connectivity index (χ1n) is 6.94. The number of hydrogen-bond donors (Lipinski definition) is 1. The highest BCUT2D eigenvalue weighted by Gasteiger charge is 2.11. The molecule has 1 N–H and O–H groups in total. The van der Waals surface area contributed by atoms with Crippen LogP contribution in [0.1, 0.15) is 21.8 Å². The topological polar surface area (TPSA) is 64.4 Å². The van der Waals surface area contributed by atoms with Crippen molar-refractivity contribution in [2.45, 2.75) is 13.5 Å². The van der Waals surface area contributed by atoms with Gasteiger partial charge in [-0.05, 0) is 29.8 Å². The van der Waals surface area contributed by atoms with E-state index in [9.17, 15) is 4.79 Å². The van der Waals surface area contributed by atoms with Gasteiger partial charge >= 0.3 is 0 Å². The maximum absolute atomic E-state index is 12.2. The second-order valence-corrected chi connectivity index (χ2v) is 4.92. The van der Waals surface area contributed by atoms with Crippen LogP contribution in [0.5, 0.6) is 5.75 Å². The van der Waals surface area contributed by atoms with Gasteiger partial charge in [0.1, 0.15) is 11.3 Å². The predicted octanol–water partition coefficient (Wildman–Crippen LogP) is 3.07. The molecule has 2 aromatic carbocycles. The van der Waals surface area contributed by atoms with E-state index in [1.807, 2.05) is 37.3 Å². The van der Waals surface area contributed by atoms with Crippen LogP contribution in [0.15, 0.2) is 46.9 Å². The number of aryl methyl sites for hydroxylation is 1. The van der Waals surface area contributed by atoms with Crippen LogP contribution in [0.25, 0.3) is 11.1 Å². The van der Waals surface area contributed by atoms with Gasteiger partial charge in [-0.3, -0.25) is 4.79 Å². The fourth-order valence-corrected chi connectivity index (χ4v) is 2.31. The Labute approximate surface area is 127 Å². The summed E-state index contributed by atoms with van der Waals surface area (Å²) in [5, 5.41) is 2.88. The Kier molecular flexibility index (Phi) is 3.78. The van der Waals surface area contributed by atoms with Gasteiger partial charge in [-0.25, -0.2) is 4.98 Å². The quantitative estimate of drug-likeness (QED) is 0.803. The molecule has 0 aliphatic heterocycles. The molecule has 1 amide bonds. The van der Waals surface area contributed by atoms with Gasteiger partial charge in [0.05, 0.1) is 12.7 Å². The van der Waals surface area contributed by atoms with E-state index in [0.29, 0.717) is 23.7 Å². The number of oxazole rings is 1. The zero-order chi connectivity index (χ0) is 15.5. The molecule has 0 saturated heterocycles. The van der Waals surface area contributed by atoms with Crippen LogP contribution in [-0.4, -0.2) is 18.0 Å². The molecule has 0 bridgehead atoms. The highest BCUT2D eigenvalue weighted by Crippen LogP contribution is 2.18. The minimum Gasteiger partial charge on any atom is -0.496 e. The summed E-state index contributed by atoms with van der Waals surface area (Å²) in [6.07, 6.45) is 0. The third kappa shape index (κ3) is 2.79. The predicted molar refractivity (Wildman–Crippen MR) is 82.9 cm³/mol. The van der Waals surface area contributed by atoms with Crippen molar-refractivity contribution in [3.63, 3.8) is 0 Å². The number of carbonyl (C=O) groups is 1. The third-order valence-corrected chi connectivity index (χ3v) is 3.36. The van der Waals surface area contributed by atoms with Crippen LogP contribution in [-0.2, 0) is 6.54 Å². The average molecular weight is 296 g/mol. The molecule has 0 saturated carbocycles. The van der Waals surface area contributed by atoms with E-state index >= 15 is 0 Å². The van der Waals surface area contributed by atoms with Crippen LogP contribution in [0.4, 0.5) is 0 Å². The lowest BCUT2D eigenvalue weighted by Crippen LogP contribution is -2.23. The molecule has 0 fully saturated rings. The summed E-state index contributed by atoms with van der Waals surface area (Å²) in [5.41, 5.74) is 3.02. The Bertz CT molecular complexity index is 824. The van der Waals surface area contributed by atoms with Gasteiger partial charge in [0.2, 0.25) is 0 Å². The lowest BCUT2D eigenvalue weighted by Gasteiger charge is -2.09. The van der Waals surface area contributed by atoms with Crippen molar-refractivity contribution in [1.82, 2.24) is 10.3 Å². The third-order valence-electron chi connectivity index (χ3n) is 3.36. The zero-order valence-corrected chi connectivity index (χ0v) is 12.4. The lowest BCUT2D eigenvalue weighted by molar-refractivity contribution is 0.0948. The van der Waals surface area contributed by atoms with Crippen LogP contribution in [0.3, 0.4) is 0 Å². The minimum atomic E-state index is -0.172. The van der Waals surface area contributed by atoms with Gasteiger partial charge in [0.15, 0.2) is 11.5 Å². The number of nitrogens with one attached hydrogen (secondary N) is 1. The summed E-state index contributed by atoms with van der Waals surface area (Å²) in [6.45, 7) is 2.22. The molecule has 5 heteroatoms. The largest absolute Gasteiger partial charge is 0.496 e. The molecule has 0 spiro atoms. The van der Waals surface area contributed by atoms with E-state index in [2.05, 4.69) is 10.3 Å². The maximum atomic E-state index is 12.2. The van der Waals surface area contributed by atoms with Gasteiger partial charge in [-0.15, -0.1) is 0 Å².